The van der Waals surface area contributed by atoms with Gasteiger partial charge in [0.1, 0.15) is 11.9 Å². The van der Waals surface area contributed by atoms with Gasteiger partial charge < -0.3 is 25.8 Å². The number of unbranched alkanes of at least 4 members (excludes halogenated alkanes) is 1. The van der Waals surface area contributed by atoms with E-state index in [0.717, 1.165) is 21.4 Å². The Kier molecular flexibility index (Phi) is 13.1. The molecule has 40 heavy (non-hydrogen) atoms. The van der Waals surface area contributed by atoms with Crippen molar-refractivity contribution in [1.29, 1.82) is 0 Å². The van der Waals surface area contributed by atoms with Gasteiger partial charge in [0, 0.05) is 27.8 Å². The van der Waals surface area contributed by atoms with E-state index in [-0.39, 0.29) is 32.0 Å². The van der Waals surface area contributed by atoms with Gasteiger partial charge in [-0.2, -0.15) is 0 Å². The number of carbonyl (C=O) groups is 3. The Balaban J connectivity index is 1.61. The van der Waals surface area contributed by atoms with Gasteiger partial charge in [-0.1, -0.05) is 48.0 Å². The van der Waals surface area contributed by atoms with E-state index in [1.807, 2.05) is 48.5 Å². The Morgan fingerprint density at radius 1 is 1.00 bits per heavy atom. The van der Waals surface area contributed by atoms with Gasteiger partial charge in [-0.05, 0) is 76.9 Å². The number of carboxylic acids is 1. The molecule has 2 unspecified atom stereocenters. The van der Waals surface area contributed by atoms with Gasteiger partial charge >= 0.3 is 5.97 Å². The number of aromatic nitrogens is 1. The monoisotopic (exact) mass is 678 g/mol. The molecule has 0 spiro atoms. The lowest BCUT2D eigenvalue weighted by Crippen LogP contribution is -2.50. The van der Waals surface area contributed by atoms with Gasteiger partial charge in [-0.15, -0.1) is 0 Å². The van der Waals surface area contributed by atoms with Crippen LogP contribution in [-0.2, 0) is 25.7 Å². The number of aliphatic carboxylic acids is 1. The molecular formula is C29H32ClIN4O5. The minimum absolute atomic E-state index is 0.0828. The van der Waals surface area contributed by atoms with Crippen molar-refractivity contribution < 1.29 is 24.2 Å². The van der Waals surface area contributed by atoms with Crippen LogP contribution in [0.5, 0.6) is 0 Å². The van der Waals surface area contributed by atoms with Crippen LogP contribution >= 0.6 is 34.2 Å². The normalized spacial score (nSPS) is 12.2. The van der Waals surface area contributed by atoms with E-state index in [4.69, 9.17) is 16.3 Å². The Bertz CT molecular complexity index is 1230. The van der Waals surface area contributed by atoms with E-state index in [9.17, 15) is 19.5 Å². The molecule has 2 amide bonds. The largest absolute Gasteiger partial charge is 0.481 e. The summed E-state index contributed by atoms with van der Waals surface area (Å²) in [6.07, 6.45) is 2.91. The van der Waals surface area contributed by atoms with Crippen LogP contribution in [0, 0.1) is 3.57 Å². The zero-order valence-corrected chi connectivity index (χ0v) is 24.7. The number of nitrogens with one attached hydrogen (secondary N) is 3. The molecule has 0 saturated carbocycles. The third kappa shape index (κ3) is 11.5. The maximum atomic E-state index is 13.3. The Morgan fingerprint density at radius 3 is 2.48 bits per heavy atom. The molecule has 0 fully saturated rings. The summed E-state index contributed by atoms with van der Waals surface area (Å²) in [4.78, 5) is 41.9. The fourth-order valence-corrected chi connectivity index (χ4v) is 5.01. The summed E-state index contributed by atoms with van der Waals surface area (Å²) >= 11 is 8.26. The average Bonchev–Trinajstić information content (AvgIpc) is 2.92. The lowest BCUT2D eigenvalue weighted by molar-refractivity contribution is -0.138. The zero-order chi connectivity index (χ0) is 28.7. The van der Waals surface area contributed by atoms with E-state index in [1.54, 1.807) is 24.4 Å². The summed E-state index contributed by atoms with van der Waals surface area (Å²) < 4.78 is 6.58. The number of benzene rings is 2. The Labute approximate surface area is 252 Å². The highest BCUT2D eigenvalue weighted by Gasteiger charge is 2.26. The quantitative estimate of drug-likeness (QED) is 0.125. The molecule has 0 aliphatic heterocycles. The molecule has 4 N–H and O–H groups in total. The van der Waals surface area contributed by atoms with Gasteiger partial charge in [0.2, 0.25) is 11.8 Å². The third-order valence-electron chi connectivity index (χ3n) is 5.83. The molecule has 0 aliphatic rings. The lowest BCUT2D eigenvalue weighted by atomic mass is 10.0. The first kappa shape index (κ1) is 31.3. The second-order valence-corrected chi connectivity index (χ2v) is 10.8. The molecule has 1 aromatic heterocycles. The smallest absolute Gasteiger partial charge is 0.305 e. The van der Waals surface area contributed by atoms with Crippen LogP contribution in [0.3, 0.4) is 0 Å². The fourth-order valence-electron chi connectivity index (χ4n) is 3.89. The van der Waals surface area contributed by atoms with Crippen molar-refractivity contribution in [3.05, 3.63) is 92.6 Å². The number of anilines is 1. The number of hydrogen-bond donors (Lipinski definition) is 4. The van der Waals surface area contributed by atoms with Crippen LogP contribution in [0.25, 0.3) is 0 Å². The van der Waals surface area contributed by atoms with Gasteiger partial charge in [0.05, 0.1) is 25.7 Å². The zero-order valence-electron chi connectivity index (χ0n) is 21.8. The number of carbonyl (C=O) groups excluding carboxylic acids is 2. The van der Waals surface area contributed by atoms with E-state index < -0.39 is 24.0 Å². The van der Waals surface area contributed by atoms with Gasteiger partial charge in [0.15, 0.2) is 0 Å². The number of carboxylic acid groups (broad SMARTS) is 1. The van der Waals surface area contributed by atoms with Crippen LogP contribution < -0.4 is 16.0 Å². The third-order valence-corrected chi connectivity index (χ3v) is 6.67. The van der Waals surface area contributed by atoms with Gasteiger partial charge in [-0.3, -0.25) is 14.4 Å². The highest BCUT2D eigenvalue weighted by molar-refractivity contribution is 14.1. The summed E-state index contributed by atoms with van der Waals surface area (Å²) in [5, 5.41) is 18.6. The first-order chi connectivity index (χ1) is 19.3. The van der Waals surface area contributed by atoms with E-state index >= 15 is 0 Å². The molecule has 0 aliphatic carbocycles. The topological polar surface area (TPSA) is 130 Å². The summed E-state index contributed by atoms with van der Waals surface area (Å²) in [6.45, 7) is 0.828. The number of ether oxygens (including phenoxy) is 1. The highest BCUT2D eigenvalue weighted by Crippen LogP contribution is 2.24. The molecule has 2 atom stereocenters. The molecular weight excluding hydrogens is 647 g/mol. The summed E-state index contributed by atoms with van der Waals surface area (Å²) in [5.74, 6) is -1.15. The number of rotatable bonds is 16. The summed E-state index contributed by atoms with van der Waals surface area (Å²) in [6, 6.07) is 18.3. The van der Waals surface area contributed by atoms with Crippen molar-refractivity contribution in [2.24, 2.45) is 0 Å². The minimum atomic E-state index is -1.08. The molecule has 0 radical (unpaired) electrons. The van der Waals surface area contributed by atoms with Crippen LogP contribution in [0.15, 0.2) is 72.9 Å². The van der Waals surface area contributed by atoms with E-state index in [2.05, 4.69) is 43.5 Å². The summed E-state index contributed by atoms with van der Waals surface area (Å²) in [5.41, 5.74) is 1.48. The van der Waals surface area contributed by atoms with E-state index in [1.165, 1.54) is 0 Å². The van der Waals surface area contributed by atoms with Crippen molar-refractivity contribution >= 4 is 57.8 Å². The van der Waals surface area contributed by atoms with Crippen molar-refractivity contribution in [3.8, 4) is 0 Å². The number of halogens is 2. The number of hydrogen-bond acceptors (Lipinski definition) is 6. The van der Waals surface area contributed by atoms with Crippen molar-refractivity contribution in [1.82, 2.24) is 15.6 Å². The minimum Gasteiger partial charge on any atom is -0.481 e. The van der Waals surface area contributed by atoms with Crippen LogP contribution in [0.2, 0.25) is 5.02 Å². The maximum absolute atomic E-state index is 13.3. The first-order valence-corrected chi connectivity index (χ1v) is 14.3. The predicted molar refractivity (Wildman–Crippen MR) is 162 cm³/mol. The molecule has 11 heteroatoms. The first-order valence-electron chi connectivity index (χ1n) is 12.8. The lowest BCUT2D eigenvalue weighted by Gasteiger charge is -2.23. The molecule has 3 rings (SSSR count). The van der Waals surface area contributed by atoms with Crippen LogP contribution in [-0.4, -0.2) is 47.1 Å². The SMILES string of the molecule is O=C(O)CC(NC(=O)C(COCc1ccccc1)NC(=O)CCCCNc1ccccn1)c1cc(Cl)cc(I)c1. The maximum Gasteiger partial charge on any atom is 0.305 e. The molecule has 3 aromatic rings. The molecule has 212 valence electrons. The highest BCUT2D eigenvalue weighted by atomic mass is 127. The Morgan fingerprint density at radius 2 is 1.77 bits per heavy atom. The molecule has 0 bridgehead atoms. The van der Waals surface area contributed by atoms with Gasteiger partial charge in [0.25, 0.3) is 0 Å². The predicted octanol–water partition coefficient (Wildman–Crippen LogP) is 4.96. The van der Waals surface area contributed by atoms with E-state index in [0.29, 0.717) is 23.6 Å². The second-order valence-electron chi connectivity index (χ2n) is 9.08. The molecule has 1 heterocycles. The van der Waals surface area contributed by atoms with Crippen molar-refractivity contribution in [2.45, 2.75) is 44.4 Å². The standard InChI is InChI=1S/C29H32ClIN4O5/c30-22-14-21(15-23(31)16-22)24(17-28(37)38)35-29(39)25(19-40-18-20-8-2-1-3-9-20)34-27(36)11-5-7-13-33-26-10-4-6-12-32-26/h1-4,6,8-10,12,14-16,24-25H,5,7,11,13,17-19H2,(H,32,33)(H,34,36)(H,35,39)(H,37,38). The van der Waals surface area contributed by atoms with Gasteiger partial charge in [-0.25, -0.2) is 4.98 Å². The number of nitrogens with zero attached hydrogens (tertiary/aromatic N) is 1. The number of pyridine rings is 1. The summed E-state index contributed by atoms with van der Waals surface area (Å²) in [7, 11) is 0. The Hall–Kier alpha value is -3.22. The van der Waals surface area contributed by atoms with Crippen LogP contribution in [0.1, 0.15) is 42.9 Å². The fraction of sp³-hybridized carbons (Fsp3) is 0.310. The average molecular weight is 679 g/mol. The van der Waals surface area contributed by atoms with Crippen molar-refractivity contribution in [3.63, 3.8) is 0 Å². The molecule has 9 nitrogen and oxygen atoms in total. The second kappa shape index (κ2) is 16.8. The number of amides is 2. The van der Waals surface area contributed by atoms with Crippen molar-refractivity contribution in [2.75, 3.05) is 18.5 Å². The molecule has 2 aromatic carbocycles. The van der Waals surface area contributed by atoms with Crippen LogP contribution in [0.4, 0.5) is 5.82 Å². The molecule has 0 saturated heterocycles.